The van der Waals surface area contributed by atoms with Crippen LogP contribution in [-0.4, -0.2) is 133 Å². The second-order valence-electron chi connectivity index (χ2n) is 12.7. The van der Waals surface area contributed by atoms with Crippen molar-refractivity contribution >= 4 is 61.0 Å². The monoisotopic (exact) mass is 741 g/mol. The van der Waals surface area contributed by atoms with E-state index in [1.54, 1.807) is 22.8 Å². The molecule has 2 aliphatic heterocycles. The zero-order chi connectivity index (χ0) is 35.1. The molecule has 2 aromatic rings. The Morgan fingerprint density at radius 3 is 2.41 bits per heavy atom. The number of hydrogen-bond acceptors (Lipinski definition) is 9. The van der Waals surface area contributed by atoms with Gasteiger partial charge in [0.15, 0.2) is 0 Å². The molecular formula is C34H44AsN5O9. The van der Waals surface area contributed by atoms with Crippen molar-refractivity contribution in [3.8, 4) is 5.75 Å². The van der Waals surface area contributed by atoms with Crippen LogP contribution in [0.15, 0.2) is 24.3 Å². The zero-order valence-corrected chi connectivity index (χ0v) is 30.0. The number of nitrogens with one attached hydrogen (secondary N) is 1. The first-order valence-corrected chi connectivity index (χ1v) is 19.2. The number of carboxylic acid groups (broad SMARTS) is 1. The Kier molecular flexibility index (Phi) is 12.1. The Bertz CT molecular complexity index is 1590. The molecule has 5 rings (SSSR count). The maximum absolute atomic E-state index is 13.8. The quantitative estimate of drug-likeness (QED) is 0.290. The van der Waals surface area contributed by atoms with Gasteiger partial charge in [0, 0.05) is 0 Å². The molecule has 2 N–H and O–H groups in total. The number of hydrogen-bond donors (Lipinski definition) is 2. The number of nitrogens with zero attached hydrogens (tertiary/aromatic N) is 4. The van der Waals surface area contributed by atoms with E-state index in [0.717, 1.165) is 31.2 Å². The summed E-state index contributed by atoms with van der Waals surface area (Å²) < 4.78 is 9.95. The molecule has 3 atom stereocenters. The Balaban J connectivity index is 1.29. The van der Waals surface area contributed by atoms with E-state index >= 15 is 0 Å². The fourth-order valence-electron chi connectivity index (χ4n) is 6.25. The number of carboxylic acids is 1. The summed E-state index contributed by atoms with van der Waals surface area (Å²) in [7, 11) is 0. The van der Waals surface area contributed by atoms with E-state index in [1.165, 1.54) is 11.0 Å². The predicted octanol–water partition coefficient (Wildman–Crippen LogP) is 2.11. The summed E-state index contributed by atoms with van der Waals surface area (Å²) in [5, 5.41) is 13.0. The molecule has 1 saturated carbocycles. The minimum absolute atomic E-state index is 0.00781. The van der Waals surface area contributed by atoms with Gasteiger partial charge in [-0.2, -0.15) is 0 Å². The molecule has 1 aromatic carbocycles. The SMILES string of the molecule is CCOC(=O)N1CCN(C(=O)C(CCC(=O)O)[AsH]C(=O)c2cc(OCC(=O)N3CCCC3C(=O)NC3CCC3)c3ccc(C)cc3n2)CC1. The van der Waals surface area contributed by atoms with Crippen molar-refractivity contribution in [2.45, 2.75) is 75.6 Å². The fraction of sp³-hybridized carbons (Fsp3) is 0.559. The van der Waals surface area contributed by atoms with Gasteiger partial charge in [-0.15, -0.1) is 0 Å². The Labute approximate surface area is 291 Å². The molecule has 3 fully saturated rings. The molecule has 49 heavy (non-hydrogen) atoms. The van der Waals surface area contributed by atoms with Crippen LogP contribution in [0.25, 0.3) is 10.9 Å². The molecule has 264 valence electrons. The van der Waals surface area contributed by atoms with Crippen LogP contribution in [-0.2, 0) is 23.9 Å². The summed E-state index contributed by atoms with van der Waals surface area (Å²) in [5.74, 6) is -1.55. The van der Waals surface area contributed by atoms with Crippen LogP contribution < -0.4 is 10.1 Å². The second kappa shape index (κ2) is 16.5. The number of amides is 4. The van der Waals surface area contributed by atoms with Gasteiger partial charge in [0.1, 0.15) is 0 Å². The van der Waals surface area contributed by atoms with Crippen molar-refractivity contribution in [1.29, 1.82) is 0 Å². The van der Waals surface area contributed by atoms with Crippen molar-refractivity contribution in [1.82, 2.24) is 25.0 Å². The number of pyridine rings is 1. The van der Waals surface area contributed by atoms with E-state index < -0.39 is 38.6 Å². The number of ether oxygens (including phenoxy) is 2. The molecule has 3 heterocycles. The third-order valence-electron chi connectivity index (χ3n) is 9.21. The van der Waals surface area contributed by atoms with Gasteiger partial charge in [-0.25, -0.2) is 0 Å². The molecule has 1 aromatic heterocycles. The van der Waals surface area contributed by atoms with Crippen LogP contribution in [0.2, 0.25) is 4.71 Å². The third-order valence-corrected chi connectivity index (χ3v) is 12.1. The van der Waals surface area contributed by atoms with Gasteiger partial charge < -0.3 is 0 Å². The molecule has 0 radical (unpaired) electrons. The van der Waals surface area contributed by atoms with Crippen molar-refractivity contribution in [2.24, 2.45) is 0 Å². The van der Waals surface area contributed by atoms with Crippen molar-refractivity contribution in [3.63, 3.8) is 0 Å². The molecule has 0 spiro atoms. The summed E-state index contributed by atoms with van der Waals surface area (Å²) in [6.45, 7) is 5.03. The third kappa shape index (κ3) is 9.08. The van der Waals surface area contributed by atoms with E-state index in [1.807, 2.05) is 19.1 Å². The first kappa shape index (κ1) is 36.1. The van der Waals surface area contributed by atoms with Crippen LogP contribution in [0, 0.1) is 6.92 Å². The molecule has 2 saturated heterocycles. The topological polar surface area (TPSA) is 176 Å². The van der Waals surface area contributed by atoms with E-state index in [0.29, 0.717) is 23.9 Å². The van der Waals surface area contributed by atoms with Gasteiger partial charge in [0.2, 0.25) is 0 Å². The number of aryl methyl sites for hydroxylation is 1. The van der Waals surface area contributed by atoms with E-state index in [-0.39, 0.29) is 92.0 Å². The summed E-state index contributed by atoms with van der Waals surface area (Å²) in [5.41, 5.74) is 1.47. The number of likely N-dealkylation sites (tertiary alicyclic amines) is 1. The van der Waals surface area contributed by atoms with Crippen LogP contribution in [0.1, 0.15) is 67.9 Å². The number of rotatable bonds is 13. The molecule has 1 aliphatic carbocycles. The van der Waals surface area contributed by atoms with Gasteiger partial charge in [-0.1, -0.05) is 0 Å². The van der Waals surface area contributed by atoms with Crippen LogP contribution in [0.3, 0.4) is 0 Å². The van der Waals surface area contributed by atoms with Gasteiger partial charge >= 0.3 is 273 Å². The number of benzene rings is 1. The normalized spacial score (nSPS) is 18.7. The van der Waals surface area contributed by atoms with Crippen molar-refractivity contribution in [2.75, 3.05) is 45.9 Å². The average Bonchev–Trinajstić information content (AvgIpc) is 3.57. The zero-order valence-electron chi connectivity index (χ0n) is 27.9. The summed E-state index contributed by atoms with van der Waals surface area (Å²) >= 11 is -1.75. The fourth-order valence-corrected chi connectivity index (χ4v) is 8.75. The van der Waals surface area contributed by atoms with E-state index in [2.05, 4.69) is 10.3 Å². The molecule has 0 bridgehead atoms. The Morgan fingerprint density at radius 2 is 1.73 bits per heavy atom. The summed E-state index contributed by atoms with van der Waals surface area (Å²) in [4.78, 5) is 86.5. The Hall–Kier alpha value is -4.19. The van der Waals surface area contributed by atoms with E-state index in [9.17, 15) is 33.9 Å². The number of fused-ring (bicyclic) bond motifs is 1. The first-order chi connectivity index (χ1) is 23.5. The second-order valence-corrected chi connectivity index (χ2v) is 15.7. The van der Waals surface area contributed by atoms with Crippen LogP contribution >= 0.6 is 0 Å². The van der Waals surface area contributed by atoms with Crippen molar-refractivity contribution in [3.05, 3.63) is 35.5 Å². The van der Waals surface area contributed by atoms with Crippen molar-refractivity contribution < 1.29 is 43.3 Å². The predicted molar refractivity (Wildman–Crippen MR) is 180 cm³/mol. The molecule has 15 heteroatoms. The van der Waals surface area contributed by atoms with Crippen LogP contribution in [0.5, 0.6) is 5.75 Å². The number of carbonyl (C=O) groups excluding carboxylic acids is 5. The van der Waals surface area contributed by atoms with E-state index in [4.69, 9.17) is 9.47 Å². The molecule has 14 nitrogen and oxygen atoms in total. The number of aromatic nitrogens is 1. The molecule has 3 aliphatic rings. The van der Waals surface area contributed by atoms with Gasteiger partial charge in [-0.05, 0) is 19.3 Å². The van der Waals surface area contributed by atoms with Gasteiger partial charge in [0.05, 0.1) is 0 Å². The number of aliphatic carboxylic acids is 1. The summed E-state index contributed by atoms with van der Waals surface area (Å²) in [6.07, 6.45) is 3.60. The molecule has 3 unspecified atom stereocenters. The van der Waals surface area contributed by atoms with Gasteiger partial charge in [-0.3, -0.25) is 0 Å². The average molecular weight is 742 g/mol. The maximum atomic E-state index is 13.8. The first-order valence-electron chi connectivity index (χ1n) is 16.9. The minimum atomic E-state index is -1.75. The standard InChI is InChI=1S/C34H44AsN5O9/c1-3-48-34(47)39-16-14-38(15-17-39)33(46)24(11-12-30(42)43)35-31(44)26-19-28(23-10-9-21(2)18-25(23)37-26)49-20-29(41)40-13-5-8-27(40)32(45)36-22-6-4-7-22/h9-10,18-19,22,24,27,35H,3-8,11-17,20H2,1-2H3,(H,36,45)(H,42,43). The number of piperazine rings is 1. The molecular weight excluding hydrogens is 697 g/mol. The summed E-state index contributed by atoms with van der Waals surface area (Å²) in [6, 6.07) is 6.60. The molecule has 4 amide bonds. The Morgan fingerprint density at radius 1 is 1.00 bits per heavy atom. The van der Waals surface area contributed by atoms with Gasteiger partial charge in [0.25, 0.3) is 0 Å². The number of carbonyl (C=O) groups is 6. The van der Waals surface area contributed by atoms with Crippen LogP contribution in [0.4, 0.5) is 4.79 Å².